The molecule has 1 aliphatic heterocycles. The van der Waals surface area contributed by atoms with Gasteiger partial charge in [-0.25, -0.2) is 4.68 Å². The Hall–Kier alpha value is -2.02. The molecule has 2 atom stereocenters. The normalized spacial score (nSPS) is 20.7. The third-order valence-electron chi connectivity index (χ3n) is 4.78. The average Bonchev–Trinajstić information content (AvgIpc) is 2.94. The minimum absolute atomic E-state index is 0.143. The number of nitrogen functional groups attached to an aromatic ring is 1. The molecule has 0 bridgehead atoms. The summed E-state index contributed by atoms with van der Waals surface area (Å²) in [5, 5.41) is 8.88. The molecule has 2 N–H and O–H groups in total. The molecule has 0 aliphatic carbocycles. The second kappa shape index (κ2) is 7.47. The van der Waals surface area contributed by atoms with Crippen LogP contribution in [0.15, 0.2) is 29.4 Å². The summed E-state index contributed by atoms with van der Waals surface area (Å²) in [6.45, 7) is 6.28. The van der Waals surface area contributed by atoms with Crippen LogP contribution >= 0.6 is 11.8 Å². The fourth-order valence-electron chi connectivity index (χ4n) is 3.39. The first-order valence-corrected chi connectivity index (χ1v) is 9.67. The molecule has 3 rings (SSSR count). The van der Waals surface area contributed by atoms with Crippen LogP contribution in [-0.4, -0.2) is 43.5 Å². The fraction of sp³-hybridized carbons (Fsp3) is 0.500. The molecule has 1 fully saturated rings. The molecule has 134 valence electrons. The zero-order valence-electron chi connectivity index (χ0n) is 15.0. The van der Waals surface area contributed by atoms with Crippen LogP contribution < -0.4 is 5.84 Å². The van der Waals surface area contributed by atoms with Gasteiger partial charge in [0.05, 0.1) is 5.75 Å². The van der Waals surface area contributed by atoms with Gasteiger partial charge in [-0.05, 0) is 40.0 Å². The van der Waals surface area contributed by atoms with Gasteiger partial charge in [-0.1, -0.05) is 41.6 Å². The van der Waals surface area contributed by atoms with E-state index in [1.807, 2.05) is 36.1 Å². The van der Waals surface area contributed by atoms with E-state index in [1.54, 1.807) is 0 Å². The molecule has 7 heteroatoms. The molecule has 0 saturated carbocycles. The molecule has 2 heterocycles. The molecule has 1 aromatic heterocycles. The van der Waals surface area contributed by atoms with Crippen LogP contribution in [0.1, 0.15) is 38.7 Å². The van der Waals surface area contributed by atoms with Gasteiger partial charge in [0.2, 0.25) is 11.1 Å². The number of aryl methyl sites for hydroxylation is 1. The molecule has 1 aromatic carbocycles. The molecule has 0 radical (unpaired) electrons. The summed E-state index contributed by atoms with van der Waals surface area (Å²) >= 11 is 1.34. The average molecular weight is 359 g/mol. The van der Waals surface area contributed by atoms with Crippen molar-refractivity contribution in [3.8, 4) is 11.4 Å². The summed E-state index contributed by atoms with van der Waals surface area (Å²) in [6.07, 6.45) is 3.34. The van der Waals surface area contributed by atoms with Gasteiger partial charge in [0.1, 0.15) is 0 Å². The van der Waals surface area contributed by atoms with E-state index in [0.29, 0.717) is 28.8 Å². The molecular formula is C18H25N5OS. The highest BCUT2D eigenvalue weighted by atomic mass is 32.2. The van der Waals surface area contributed by atoms with E-state index in [-0.39, 0.29) is 5.91 Å². The molecule has 25 heavy (non-hydrogen) atoms. The van der Waals surface area contributed by atoms with Gasteiger partial charge in [0, 0.05) is 17.6 Å². The number of piperidine rings is 1. The van der Waals surface area contributed by atoms with E-state index < -0.39 is 0 Å². The van der Waals surface area contributed by atoms with Gasteiger partial charge in [-0.3, -0.25) is 4.79 Å². The van der Waals surface area contributed by atoms with Crippen molar-refractivity contribution >= 4 is 17.7 Å². The first-order chi connectivity index (χ1) is 12.0. The highest BCUT2D eigenvalue weighted by Crippen LogP contribution is 2.26. The lowest BCUT2D eigenvalue weighted by Crippen LogP contribution is -2.48. The lowest BCUT2D eigenvalue weighted by Gasteiger charge is -2.39. The third kappa shape index (κ3) is 3.81. The highest BCUT2D eigenvalue weighted by Gasteiger charge is 2.29. The standard InChI is InChI=1S/C18H25N5OS/c1-12-7-9-15(10-8-12)17-20-21-18(23(17)19)25-11-16(24)22-13(2)5-4-6-14(22)3/h7-10,13-14H,4-6,11,19H2,1-3H3/t13-,14-/m0/s1. The maximum absolute atomic E-state index is 12.6. The summed E-state index contributed by atoms with van der Waals surface area (Å²) in [5.41, 5.74) is 2.09. The number of benzene rings is 1. The summed E-state index contributed by atoms with van der Waals surface area (Å²) in [6, 6.07) is 8.57. The van der Waals surface area contributed by atoms with Crippen molar-refractivity contribution in [2.45, 2.75) is 57.3 Å². The number of hydrogen-bond acceptors (Lipinski definition) is 5. The number of amides is 1. The Morgan fingerprint density at radius 2 is 1.84 bits per heavy atom. The van der Waals surface area contributed by atoms with E-state index in [1.165, 1.54) is 28.4 Å². The van der Waals surface area contributed by atoms with E-state index in [4.69, 9.17) is 5.84 Å². The lowest BCUT2D eigenvalue weighted by molar-refractivity contribution is -0.134. The Kier molecular flexibility index (Phi) is 5.32. The molecule has 2 aromatic rings. The molecule has 1 saturated heterocycles. The zero-order valence-corrected chi connectivity index (χ0v) is 15.8. The summed E-state index contributed by atoms with van der Waals surface area (Å²) in [5.74, 6) is 7.22. The van der Waals surface area contributed by atoms with Crippen LogP contribution in [0.25, 0.3) is 11.4 Å². The van der Waals surface area contributed by atoms with Crippen LogP contribution in [0, 0.1) is 6.92 Å². The fourth-order valence-corrected chi connectivity index (χ4v) is 4.11. The van der Waals surface area contributed by atoms with Crippen LogP contribution in [0.3, 0.4) is 0 Å². The zero-order chi connectivity index (χ0) is 18.0. The van der Waals surface area contributed by atoms with Crippen molar-refractivity contribution < 1.29 is 4.79 Å². The second-order valence-corrected chi connectivity index (χ2v) is 7.70. The molecule has 1 aliphatic rings. The maximum atomic E-state index is 12.6. The third-order valence-corrected chi connectivity index (χ3v) is 5.71. The Morgan fingerprint density at radius 1 is 1.20 bits per heavy atom. The molecule has 1 amide bonds. The van der Waals surface area contributed by atoms with Gasteiger partial charge in [-0.2, -0.15) is 0 Å². The van der Waals surface area contributed by atoms with Crippen molar-refractivity contribution in [2.24, 2.45) is 0 Å². The number of carbonyl (C=O) groups excluding carboxylic acids is 1. The van der Waals surface area contributed by atoms with E-state index in [0.717, 1.165) is 18.4 Å². The van der Waals surface area contributed by atoms with Crippen molar-refractivity contribution in [1.82, 2.24) is 19.8 Å². The highest BCUT2D eigenvalue weighted by molar-refractivity contribution is 7.99. The number of nitrogens with two attached hydrogens (primary N) is 1. The summed E-state index contributed by atoms with van der Waals surface area (Å²) in [7, 11) is 0. The van der Waals surface area contributed by atoms with Crippen molar-refractivity contribution in [1.29, 1.82) is 0 Å². The second-order valence-electron chi connectivity index (χ2n) is 6.76. The van der Waals surface area contributed by atoms with Gasteiger partial charge in [-0.15, -0.1) is 10.2 Å². The molecule has 6 nitrogen and oxygen atoms in total. The predicted molar refractivity (Wildman–Crippen MR) is 101 cm³/mol. The van der Waals surface area contributed by atoms with Gasteiger partial charge < -0.3 is 10.7 Å². The number of aromatic nitrogens is 3. The molecular weight excluding hydrogens is 334 g/mol. The van der Waals surface area contributed by atoms with Crippen LogP contribution in [0.2, 0.25) is 0 Å². The van der Waals surface area contributed by atoms with E-state index in [9.17, 15) is 4.79 Å². The Bertz CT molecular complexity index is 732. The van der Waals surface area contributed by atoms with Crippen molar-refractivity contribution in [3.63, 3.8) is 0 Å². The Morgan fingerprint density at radius 3 is 2.48 bits per heavy atom. The number of likely N-dealkylation sites (tertiary alicyclic amines) is 1. The largest absolute Gasteiger partial charge is 0.337 e. The number of thioether (sulfide) groups is 1. The van der Waals surface area contributed by atoms with Crippen LogP contribution in [0.4, 0.5) is 0 Å². The van der Waals surface area contributed by atoms with E-state index >= 15 is 0 Å². The molecule has 0 spiro atoms. The first kappa shape index (κ1) is 17.8. The quantitative estimate of drug-likeness (QED) is 0.671. The van der Waals surface area contributed by atoms with E-state index in [2.05, 4.69) is 24.0 Å². The minimum Gasteiger partial charge on any atom is -0.337 e. The van der Waals surface area contributed by atoms with Gasteiger partial charge in [0.15, 0.2) is 5.82 Å². The number of hydrogen-bond donors (Lipinski definition) is 1. The first-order valence-electron chi connectivity index (χ1n) is 8.69. The van der Waals surface area contributed by atoms with Crippen molar-refractivity contribution in [2.75, 3.05) is 11.6 Å². The van der Waals surface area contributed by atoms with Gasteiger partial charge >= 0.3 is 0 Å². The molecule has 0 unspecified atom stereocenters. The number of rotatable bonds is 4. The summed E-state index contributed by atoms with van der Waals surface area (Å²) < 4.78 is 1.46. The number of carbonyl (C=O) groups is 1. The Balaban J connectivity index is 1.68. The van der Waals surface area contributed by atoms with Crippen LogP contribution in [-0.2, 0) is 4.79 Å². The number of nitrogens with zero attached hydrogens (tertiary/aromatic N) is 4. The van der Waals surface area contributed by atoms with Crippen molar-refractivity contribution in [3.05, 3.63) is 29.8 Å². The monoisotopic (exact) mass is 359 g/mol. The van der Waals surface area contributed by atoms with Gasteiger partial charge in [0.25, 0.3) is 0 Å². The predicted octanol–water partition coefficient (Wildman–Crippen LogP) is 2.85. The topological polar surface area (TPSA) is 77.0 Å². The summed E-state index contributed by atoms with van der Waals surface area (Å²) in [4.78, 5) is 14.6. The smallest absolute Gasteiger partial charge is 0.233 e. The Labute approximate surface area is 152 Å². The lowest BCUT2D eigenvalue weighted by atomic mass is 9.98. The SMILES string of the molecule is Cc1ccc(-c2nnc(SCC(=O)N3[C@@H](C)CCC[C@@H]3C)n2N)cc1. The minimum atomic E-state index is 0.143. The maximum Gasteiger partial charge on any atom is 0.233 e. The van der Waals surface area contributed by atoms with Crippen LogP contribution in [0.5, 0.6) is 0 Å².